The van der Waals surface area contributed by atoms with E-state index in [4.69, 9.17) is 9.15 Å². The zero-order valence-electron chi connectivity index (χ0n) is 14.7. The summed E-state index contributed by atoms with van der Waals surface area (Å²) in [6, 6.07) is 18.6. The van der Waals surface area contributed by atoms with Crippen LogP contribution in [-0.4, -0.2) is 16.9 Å². The summed E-state index contributed by atoms with van der Waals surface area (Å²) in [5.74, 6) is -0.183. The third-order valence-electron chi connectivity index (χ3n) is 3.58. The number of amides is 1. The minimum atomic E-state index is -0.673. The van der Waals surface area contributed by atoms with Gasteiger partial charge >= 0.3 is 5.97 Å². The number of hydrogen-bond acceptors (Lipinski definition) is 5. The lowest BCUT2D eigenvalue weighted by Crippen LogP contribution is -2.26. The second-order valence-electron chi connectivity index (χ2n) is 5.71. The van der Waals surface area contributed by atoms with Crippen LogP contribution in [0.5, 0.6) is 0 Å². The molecule has 0 saturated heterocycles. The van der Waals surface area contributed by atoms with Gasteiger partial charge in [0.2, 0.25) is 11.8 Å². The number of esters is 1. The minimum absolute atomic E-state index is 0.0449. The molecule has 0 aliphatic rings. The molecule has 1 heterocycles. The second-order valence-corrected chi connectivity index (χ2v) is 5.71. The van der Waals surface area contributed by atoms with Crippen LogP contribution < -0.4 is 5.32 Å². The molecule has 0 spiro atoms. The van der Waals surface area contributed by atoms with Gasteiger partial charge in [0.05, 0.1) is 6.20 Å². The van der Waals surface area contributed by atoms with Gasteiger partial charge in [0.1, 0.15) is 5.70 Å². The fourth-order valence-corrected chi connectivity index (χ4v) is 2.37. The van der Waals surface area contributed by atoms with E-state index < -0.39 is 5.97 Å². The van der Waals surface area contributed by atoms with E-state index in [2.05, 4.69) is 10.3 Å². The first-order valence-corrected chi connectivity index (χ1v) is 8.33. The van der Waals surface area contributed by atoms with Crippen LogP contribution in [0.15, 0.2) is 77.0 Å². The summed E-state index contributed by atoms with van der Waals surface area (Å²) in [6.07, 6.45) is 3.13. The molecule has 27 heavy (non-hydrogen) atoms. The Kier molecular flexibility index (Phi) is 5.79. The summed E-state index contributed by atoms with van der Waals surface area (Å²) in [6.45, 7) is 1.18. The largest absolute Gasteiger partial charge is 0.451 e. The van der Waals surface area contributed by atoms with E-state index in [9.17, 15) is 9.59 Å². The number of nitrogens with zero attached hydrogens (tertiary/aromatic N) is 1. The molecular formula is C21H18N2O4. The van der Waals surface area contributed by atoms with Crippen molar-refractivity contribution in [3.63, 3.8) is 0 Å². The van der Waals surface area contributed by atoms with Crippen LogP contribution >= 0.6 is 0 Å². The molecule has 1 N–H and O–H groups in total. The van der Waals surface area contributed by atoms with E-state index >= 15 is 0 Å². The fourth-order valence-electron chi connectivity index (χ4n) is 2.37. The molecule has 3 rings (SSSR count). The Morgan fingerprint density at radius 2 is 1.74 bits per heavy atom. The number of benzene rings is 2. The highest BCUT2D eigenvalue weighted by Gasteiger charge is 2.15. The van der Waals surface area contributed by atoms with Crippen LogP contribution in [0.2, 0.25) is 0 Å². The topological polar surface area (TPSA) is 81.4 Å². The summed E-state index contributed by atoms with van der Waals surface area (Å²) in [7, 11) is 0. The van der Waals surface area contributed by atoms with Crippen molar-refractivity contribution in [2.45, 2.75) is 13.5 Å². The molecule has 0 atom stereocenters. The van der Waals surface area contributed by atoms with Gasteiger partial charge in [-0.3, -0.25) is 4.79 Å². The van der Waals surface area contributed by atoms with E-state index in [1.54, 1.807) is 12.3 Å². The van der Waals surface area contributed by atoms with E-state index in [0.29, 0.717) is 5.76 Å². The van der Waals surface area contributed by atoms with E-state index in [-0.39, 0.29) is 24.1 Å². The van der Waals surface area contributed by atoms with Gasteiger partial charge in [-0.05, 0) is 11.6 Å². The Morgan fingerprint density at radius 1 is 1.07 bits per heavy atom. The van der Waals surface area contributed by atoms with Crippen molar-refractivity contribution >= 4 is 18.0 Å². The van der Waals surface area contributed by atoms with Gasteiger partial charge in [-0.2, -0.15) is 0 Å². The Labute approximate surface area is 156 Å². The maximum absolute atomic E-state index is 12.4. The number of carbonyl (C=O) groups is 2. The predicted octanol–water partition coefficient (Wildman–Crippen LogP) is 3.56. The van der Waals surface area contributed by atoms with Gasteiger partial charge in [-0.1, -0.05) is 60.7 Å². The molecule has 0 bridgehead atoms. The van der Waals surface area contributed by atoms with Crippen LogP contribution in [-0.2, 0) is 20.9 Å². The monoisotopic (exact) mass is 362 g/mol. The maximum atomic E-state index is 12.4. The molecule has 0 unspecified atom stereocenters. The number of aromatic nitrogens is 1. The lowest BCUT2D eigenvalue weighted by atomic mass is 10.2. The molecule has 0 radical (unpaired) electrons. The highest BCUT2D eigenvalue weighted by Crippen LogP contribution is 2.20. The van der Waals surface area contributed by atoms with E-state index in [1.807, 2.05) is 60.7 Å². The van der Waals surface area contributed by atoms with Crippen molar-refractivity contribution in [3.8, 4) is 11.3 Å². The molecule has 3 aromatic rings. The first-order chi connectivity index (χ1) is 13.1. The quantitative estimate of drug-likeness (QED) is 0.536. The van der Waals surface area contributed by atoms with Crippen molar-refractivity contribution < 1.29 is 18.7 Å². The molecule has 6 heteroatoms. The molecule has 0 saturated carbocycles. The SMILES string of the molecule is CC(=O)N/C(=C\c1ccccc1)C(=O)OCc1ncc(-c2ccccc2)o1. The first-order valence-electron chi connectivity index (χ1n) is 8.33. The number of nitrogens with one attached hydrogen (secondary N) is 1. The average Bonchev–Trinajstić information content (AvgIpc) is 3.16. The number of ether oxygens (including phenoxy) is 1. The molecule has 6 nitrogen and oxygen atoms in total. The zero-order chi connectivity index (χ0) is 19.1. The maximum Gasteiger partial charge on any atom is 0.355 e. The zero-order valence-corrected chi connectivity index (χ0v) is 14.7. The number of oxazole rings is 1. The summed E-state index contributed by atoms with van der Waals surface area (Å²) < 4.78 is 10.8. The summed E-state index contributed by atoms with van der Waals surface area (Å²) >= 11 is 0. The standard InChI is InChI=1S/C21H18N2O4/c1-15(24)23-18(12-16-8-4-2-5-9-16)21(25)26-14-20-22-13-19(27-20)17-10-6-3-7-11-17/h2-13H,14H2,1H3,(H,23,24)/b18-12-. The number of rotatable bonds is 6. The Balaban J connectivity index is 1.68. The van der Waals surface area contributed by atoms with Gasteiger partial charge in [0, 0.05) is 12.5 Å². The fraction of sp³-hybridized carbons (Fsp3) is 0.0952. The normalized spacial score (nSPS) is 11.1. The van der Waals surface area contributed by atoms with Crippen molar-refractivity contribution in [1.82, 2.24) is 10.3 Å². The molecule has 0 aliphatic carbocycles. The molecule has 2 aromatic carbocycles. The molecule has 136 valence electrons. The van der Waals surface area contributed by atoms with Crippen LogP contribution in [0.4, 0.5) is 0 Å². The van der Waals surface area contributed by atoms with Crippen LogP contribution in [0.25, 0.3) is 17.4 Å². The van der Waals surface area contributed by atoms with Crippen molar-refractivity contribution in [2.75, 3.05) is 0 Å². The molecule has 0 fully saturated rings. The highest BCUT2D eigenvalue weighted by molar-refractivity contribution is 5.97. The van der Waals surface area contributed by atoms with Crippen LogP contribution in [0.3, 0.4) is 0 Å². The van der Waals surface area contributed by atoms with Gasteiger partial charge in [-0.25, -0.2) is 9.78 Å². The van der Waals surface area contributed by atoms with Crippen LogP contribution in [0, 0.1) is 0 Å². The van der Waals surface area contributed by atoms with Crippen LogP contribution in [0.1, 0.15) is 18.4 Å². The van der Waals surface area contributed by atoms with E-state index in [1.165, 1.54) is 6.92 Å². The predicted molar refractivity (Wildman–Crippen MR) is 100.0 cm³/mol. The Hall–Kier alpha value is -3.67. The smallest absolute Gasteiger partial charge is 0.355 e. The Morgan fingerprint density at radius 3 is 2.41 bits per heavy atom. The third kappa shape index (κ3) is 5.15. The van der Waals surface area contributed by atoms with Crippen molar-refractivity contribution in [3.05, 3.63) is 84.0 Å². The van der Waals surface area contributed by atoms with Crippen molar-refractivity contribution in [1.29, 1.82) is 0 Å². The molecule has 0 aliphatic heterocycles. The highest BCUT2D eigenvalue weighted by atomic mass is 16.5. The van der Waals surface area contributed by atoms with Gasteiger partial charge in [0.15, 0.2) is 12.4 Å². The average molecular weight is 362 g/mol. The molecule has 1 amide bonds. The number of carbonyl (C=O) groups excluding carboxylic acids is 2. The second kappa shape index (κ2) is 8.62. The van der Waals surface area contributed by atoms with Gasteiger partial charge < -0.3 is 14.5 Å². The lowest BCUT2D eigenvalue weighted by Gasteiger charge is -2.08. The summed E-state index contributed by atoms with van der Waals surface area (Å²) in [4.78, 5) is 27.9. The first kappa shape index (κ1) is 18.1. The summed E-state index contributed by atoms with van der Waals surface area (Å²) in [5.41, 5.74) is 1.69. The molecular weight excluding hydrogens is 344 g/mol. The van der Waals surface area contributed by atoms with Gasteiger partial charge in [-0.15, -0.1) is 0 Å². The molecule has 1 aromatic heterocycles. The Bertz CT molecular complexity index is 947. The number of hydrogen-bond donors (Lipinski definition) is 1. The summed E-state index contributed by atoms with van der Waals surface area (Å²) in [5, 5.41) is 2.49. The third-order valence-corrected chi connectivity index (χ3v) is 3.58. The van der Waals surface area contributed by atoms with Crippen molar-refractivity contribution in [2.24, 2.45) is 0 Å². The van der Waals surface area contributed by atoms with Gasteiger partial charge in [0.25, 0.3) is 0 Å². The minimum Gasteiger partial charge on any atom is -0.451 e. The lowest BCUT2D eigenvalue weighted by molar-refractivity contribution is -0.142. The van der Waals surface area contributed by atoms with E-state index in [0.717, 1.165) is 11.1 Å².